The van der Waals surface area contributed by atoms with Crippen LogP contribution in [0, 0.1) is 0 Å². The Morgan fingerprint density at radius 1 is 1.10 bits per heavy atom. The van der Waals surface area contributed by atoms with Crippen LogP contribution in [0.15, 0.2) is 54.6 Å². The first kappa shape index (κ1) is 15.5. The Morgan fingerprint density at radius 2 is 1.86 bits per heavy atom. The molecule has 1 unspecified atom stereocenters. The maximum Gasteiger partial charge on any atom is 0.119 e. The van der Waals surface area contributed by atoms with Crippen LogP contribution < -0.4 is 4.74 Å². The topological polar surface area (TPSA) is 41.9 Å². The lowest BCUT2D eigenvalue weighted by Crippen LogP contribution is -2.24. The lowest BCUT2D eigenvalue weighted by molar-refractivity contribution is -0.165. The standard InChI is InChI=1S/C17H21NO3/c1-18(21-13-14-7-4-3-5-8-14)12-17(19)15-9-6-10-16(11-15)20-2/h3-11,17,19H,12-13H2,1-2H3. The highest BCUT2D eigenvalue weighted by atomic mass is 16.7. The predicted octanol–water partition coefficient (Wildman–Crippen LogP) is 2.79. The van der Waals surface area contributed by atoms with Crippen molar-refractivity contribution in [2.45, 2.75) is 12.7 Å². The van der Waals surface area contributed by atoms with Gasteiger partial charge < -0.3 is 9.84 Å². The van der Waals surface area contributed by atoms with Gasteiger partial charge in [-0.25, -0.2) is 0 Å². The monoisotopic (exact) mass is 287 g/mol. The van der Waals surface area contributed by atoms with Crippen molar-refractivity contribution in [3.63, 3.8) is 0 Å². The second kappa shape index (κ2) is 7.78. The Labute approximate surface area is 125 Å². The lowest BCUT2D eigenvalue weighted by atomic mass is 10.1. The number of nitrogens with zero attached hydrogens (tertiary/aromatic N) is 1. The quantitative estimate of drug-likeness (QED) is 0.795. The molecule has 4 nitrogen and oxygen atoms in total. The van der Waals surface area contributed by atoms with Crippen LogP contribution in [0.4, 0.5) is 0 Å². The maximum atomic E-state index is 10.2. The molecule has 4 heteroatoms. The van der Waals surface area contributed by atoms with E-state index in [4.69, 9.17) is 9.57 Å². The normalized spacial score (nSPS) is 12.4. The summed E-state index contributed by atoms with van der Waals surface area (Å²) in [4.78, 5) is 5.62. The first-order valence-corrected chi connectivity index (χ1v) is 6.89. The van der Waals surface area contributed by atoms with Crippen molar-refractivity contribution >= 4 is 0 Å². The van der Waals surface area contributed by atoms with E-state index in [9.17, 15) is 5.11 Å². The highest BCUT2D eigenvalue weighted by Gasteiger charge is 2.12. The molecule has 1 atom stereocenters. The smallest absolute Gasteiger partial charge is 0.119 e. The van der Waals surface area contributed by atoms with Crippen molar-refractivity contribution in [1.82, 2.24) is 5.06 Å². The summed E-state index contributed by atoms with van der Waals surface area (Å²) in [5.74, 6) is 0.736. The third-order valence-corrected chi connectivity index (χ3v) is 3.20. The van der Waals surface area contributed by atoms with Gasteiger partial charge >= 0.3 is 0 Å². The molecule has 1 N–H and O–H groups in total. The molecule has 0 aliphatic rings. The second-order valence-electron chi connectivity index (χ2n) is 4.86. The first-order valence-electron chi connectivity index (χ1n) is 6.89. The van der Waals surface area contributed by atoms with Gasteiger partial charge in [0, 0.05) is 7.05 Å². The zero-order valence-corrected chi connectivity index (χ0v) is 12.4. The minimum atomic E-state index is -0.624. The SMILES string of the molecule is COc1cccc(C(O)CN(C)OCc2ccccc2)c1. The van der Waals surface area contributed by atoms with E-state index >= 15 is 0 Å². The molecule has 0 spiro atoms. The van der Waals surface area contributed by atoms with E-state index in [-0.39, 0.29) is 0 Å². The summed E-state index contributed by atoms with van der Waals surface area (Å²) in [5.41, 5.74) is 1.91. The average molecular weight is 287 g/mol. The van der Waals surface area contributed by atoms with Crippen molar-refractivity contribution in [2.75, 3.05) is 20.7 Å². The number of likely N-dealkylation sites (N-methyl/N-ethyl adjacent to an activating group) is 1. The molecule has 21 heavy (non-hydrogen) atoms. The summed E-state index contributed by atoms with van der Waals surface area (Å²) in [6.45, 7) is 0.877. The average Bonchev–Trinajstić information content (AvgIpc) is 2.54. The Hall–Kier alpha value is -1.88. The van der Waals surface area contributed by atoms with Gasteiger partial charge in [-0.3, -0.25) is 4.84 Å². The van der Waals surface area contributed by atoms with Gasteiger partial charge in [0.15, 0.2) is 0 Å². The van der Waals surface area contributed by atoms with E-state index < -0.39 is 6.10 Å². The molecule has 2 aromatic carbocycles. The molecule has 0 radical (unpaired) electrons. The summed E-state index contributed by atoms with van der Waals surface area (Å²) < 4.78 is 5.16. The molecule has 0 saturated carbocycles. The van der Waals surface area contributed by atoms with Crippen LogP contribution in [0.1, 0.15) is 17.2 Å². The van der Waals surface area contributed by atoms with E-state index in [2.05, 4.69) is 0 Å². The Kier molecular flexibility index (Phi) is 5.75. The van der Waals surface area contributed by atoms with Gasteiger partial charge in [0.25, 0.3) is 0 Å². The zero-order valence-electron chi connectivity index (χ0n) is 12.4. The molecule has 2 rings (SSSR count). The van der Waals surface area contributed by atoms with E-state index in [1.165, 1.54) is 0 Å². The number of ether oxygens (including phenoxy) is 1. The van der Waals surface area contributed by atoms with Crippen LogP contribution >= 0.6 is 0 Å². The Morgan fingerprint density at radius 3 is 2.57 bits per heavy atom. The number of hydrogen-bond donors (Lipinski definition) is 1. The maximum absolute atomic E-state index is 10.2. The van der Waals surface area contributed by atoms with Crippen LogP contribution in [0.2, 0.25) is 0 Å². The minimum Gasteiger partial charge on any atom is -0.497 e. The third kappa shape index (κ3) is 4.86. The van der Waals surface area contributed by atoms with Crippen molar-refractivity contribution in [3.05, 3.63) is 65.7 Å². The third-order valence-electron chi connectivity index (χ3n) is 3.20. The molecule has 0 bridgehead atoms. The molecule has 0 heterocycles. The number of hydroxylamine groups is 2. The molecule has 0 amide bonds. The Bertz CT molecular complexity index is 545. The van der Waals surface area contributed by atoms with Gasteiger partial charge in [0.2, 0.25) is 0 Å². The van der Waals surface area contributed by atoms with Gasteiger partial charge in [-0.1, -0.05) is 42.5 Å². The van der Waals surface area contributed by atoms with Gasteiger partial charge in [-0.2, -0.15) is 5.06 Å². The Balaban J connectivity index is 1.85. The van der Waals surface area contributed by atoms with Crippen molar-refractivity contribution in [2.24, 2.45) is 0 Å². The van der Waals surface area contributed by atoms with E-state index in [1.807, 2.05) is 61.6 Å². The van der Waals surface area contributed by atoms with Gasteiger partial charge in [0.1, 0.15) is 5.75 Å². The number of methoxy groups -OCH3 is 1. The van der Waals surface area contributed by atoms with Crippen LogP contribution in [0.5, 0.6) is 5.75 Å². The highest BCUT2D eigenvalue weighted by Crippen LogP contribution is 2.19. The molecule has 0 aliphatic heterocycles. The van der Waals surface area contributed by atoms with Crippen molar-refractivity contribution in [3.8, 4) is 5.75 Å². The fraction of sp³-hybridized carbons (Fsp3) is 0.294. The summed E-state index contributed by atoms with van der Waals surface area (Å²) >= 11 is 0. The van der Waals surface area contributed by atoms with E-state index in [1.54, 1.807) is 12.2 Å². The van der Waals surface area contributed by atoms with Crippen LogP contribution in [0.3, 0.4) is 0 Å². The number of hydrogen-bond acceptors (Lipinski definition) is 4. The molecule has 0 aliphatic carbocycles. The fourth-order valence-corrected chi connectivity index (χ4v) is 2.01. The fourth-order valence-electron chi connectivity index (χ4n) is 2.01. The highest BCUT2D eigenvalue weighted by molar-refractivity contribution is 5.29. The number of aliphatic hydroxyl groups excluding tert-OH is 1. The second-order valence-corrected chi connectivity index (χ2v) is 4.86. The molecular formula is C17H21NO3. The van der Waals surface area contributed by atoms with Crippen LogP contribution in [-0.4, -0.2) is 30.9 Å². The van der Waals surface area contributed by atoms with Crippen molar-refractivity contribution < 1.29 is 14.7 Å². The van der Waals surface area contributed by atoms with Crippen molar-refractivity contribution in [1.29, 1.82) is 0 Å². The zero-order chi connectivity index (χ0) is 15.1. The van der Waals surface area contributed by atoms with Crippen LogP contribution in [-0.2, 0) is 11.4 Å². The molecular weight excluding hydrogens is 266 g/mol. The molecule has 112 valence electrons. The summed E-state index contributed by atoms with van der Waals surface area (Å²) in [6.07, 6.45) is -0.624. The number of rotatable bonds is 7. The molecule has 2 aromatic rings. The largest absolute Gasteiger partial charge is 0.497 e. The summed E-state index contributed by atoms with van der Waals surface area (Å²) in [5, 5.41) is 11.9. The summed E-state index contributed by atoms with van der Waals surface area (Å²) in [7, 11) is 3.42. The van der Waals surface area contributed by atoms with Gasteiger partial charge in [0.05, 0.1) is 26.4 Å². The van der Waals surface area contributed by atoms with E-state index in [0.29, 0.717) is 13.2 Å². The number of benzene rings is 2. The number of aliphatic hydroxyl groups is 1. The molecule has 0 saturated heterocycles. The summed E-state index contributed by atoms with van der Waals surface area (Å²) in [6, 6.07) is 17.4. The molecule has 0 fully saturated rings. The minimum absolute atomic E-state index is 0.389. The van der Waals surface area contributed by atoms with Gasteiger partial charge in [-0.15, -0.1) is 0 Å². The predicted molar refractivity (Wildman–Crippen MR) is 81.8 cm³/mol. The molecule has 0 aromatic heterocycles. The van der Waals surface area contributed by atoms with Crippen LogP contribution in [0.25, 0.3) is 0 Å². The first-order chi connectivity index (χ1) is 10.2. The lowest BCUT2D eigenvalue weighted by Gasteiger charge is -2.20. The van der Waals surface area contributed by atoms with Gasteiger partial charge in [-0.05, 0) is 23.3 Å². The van der Waals surface area contributed by atoms with E-state index in [0.717, 1.165) is 16.9 Å².